The number of carbonyl (C=O) groups is 1. The van der Waals surface area contributed by atoms with Crippen molar-refractivity contribution in [1.29, 1.82) is 0 Å². The van der Waals surface area contributed by atoms with Crippen LogP contribution in [0.1, 0.15) is 39.5 Å². The van der Waals surface area contributed by atoms with Gasteiger partial charge < -0.3 is 25.2 Å². The number of aliphatic hydroxyl groups is 4. The average molecular weight is 364 g/mol. The maximum atomic E-state index is 13.3. The lowest BCUT2D eigenvalue weighted by Gasteiger charge is -2.73. The zero-order valence-corrected chi connectivity index (χ0v) is 15.3. The Balaban J connectivity index is 1.76. The largest absolute Gasteiger partial charge is 0.393 e. The molecular weight excluding hydrogens is 336 g/mol. The van der Waals surface area contributed by atoms with E-state index in [1.165, 1.54) is 0 Å². The Labute approximate surface area is 152 Å². The van der Waals surface area contributed by atoms with Crippen molar-refractivity contribution in [2.45, 2.75) is 70.2 Å². The molecule has 2 spiro atoms. The summed E-state index contributed by atoms with van der Waals surface area (Å²) >= 11 is 0. The van der Waals surface area contributed by atoms with E-state index in [9.17, 15) is 25.2 Å². The van der Waals surface area contributed by atoms with E-state index in [4.69, 9.17) is 4.74 Å². The zero-order chi connectivity index (χ0) is 18.8. The maximum absolute atomic E-state index is 13.3. The van der Waals surface area contributed by atoms with E-state index in [1.54, 1.807) is 0 Å². The third-order valence-electron chi connectivity index (χ3n) is 8.94. The zero-order valence-electron chi connectivity index (χ0n) is 15.3. The molecule has 2 heterocycles. The smallest absolute Gasteiger partial charge is 0.170 e. The van der Waals surface area contributed by atoms with Gasteiger partial charge in [0.05, 0.1) is 23.7 Å². The van der Waals surface area contributed by atoms with Crippen LogP contribution in [0.3, 0.4) is 0 Å². The molecule has 6 rings (SSSR count). The fourth-order valence-corrected chi connectivity index (χ4v) is 7.92. The van der Waals surface area contributed by atoms with Gasteiger partial charge >= 0.3 is 0 Å². The monoisotopic (exact) mass is 364 g/mol. The van der Waals surface area contributed by atoms with Crippen molar-refractivity contribution < 1.29 is 30.0 Å². The number of hydrogen-bond acceptors (Lipinski definition) is 6. The van der Waals surface area contributed by atoms with Crippen LogP contribution in [0, 0.1) is 34.0 Å². The van der Waals surface area contributed by atoms with Crippen molar-refractivity contribution in [3.63, 3.8) is 0 Å². The molecular formula is C20H28O6. The summed E-state index contributed by atoms with van der Waals surface area (Å²) in [5, 5.41) is 44.0. The van der Waals surface area contributed by atoms with Gasteiger partial charge in [0.25, 0.3) is 0 Å². The van der Waals surface area contributed by atoms with E-state index in [1.807, 2.05) is 13.8 Å². The second-order valence-corrected chi connectivity index (χ2v) is 9.83. The number of carbonyl (C=O) groups excluding carboxylic acids is 1. The second-order valence-electron chi connectivity index (χ2n) is 9.83. The van der Waals surface area contributed by atoms with Crippen LogP contribution in [0.25, 0.3) is 0 Å². The molecule has 2 saturated heterocycles. The molecule has 2 aliphatic heterocycles. The number of ether oxygens (including phenoxy) is 1. The molecule has 6 fully saturated rings. The molecule has 6 heteroatoms. The highest BCUT2D eigenvalue weighted by Gasteiger charge is 2.82. The van der Waals surface area contributed by atoms with Gasteiger partial charge in [-0.2, -0.15) is 0 Å². The number of Topliss-reactive ketones (excluding diaryl/α,β-unsaturated/α-hetero) is 1. The summed E-state index contributed by atoms with van der Waals surface area (Å²) in [6, 6.07) is 0. The molecule has 26 heavy (non-hydrogen) atoms. The molecule has 0 aromatic carbocycles. The van der Waals surface area contributed by atoms with Crippen LogP contribution < -0.4 is 0 Å². The van der Waals surface area contributed by atoms with E-state index in [-0.39, 0.29) is 17.6 Å². The topological polar surface area (TPSA) is 107 Å². The fourth-order valence-electron chi connectivity index (χ4n) is 7.92. The minimum absolute atomic E-state index is 0.199. The van der Waals surface area contributed by atoms with Gasteiger partial charge in [-0.3, -0.25) is 4.79 Å². The lowest BCUT2D eigenvalue weighted by atomic mass is 9.36. The lowest BCUT2D eigenvalue weighted by molar-refractivity contribution is -0.414. The first kappa shape index (κ1) is 17.3. The Morgan fingerprint density at radius 2 is 1.81 bits per heavy atom. The van der Waals surface area contributed by atoms with Crippen LogP contribution in [-0.4, -0.2) is 56.9 Å². The van der Waals surface area contributed by atoms with Crippen LogP contribution in [0.5, 0.6) is 0 Å². The van der Waals surface area contributed by atoms with Gasteiger partial charge in [-0.1, -0.05) is 20.4 Å². The summed E-state index contributed by atoms with van der Waals surface area (Å²) in [4.78, 5) is 13.3. The maximum Gasteiger partial charge on any atom is 0.170 e. The van der Waals surface area contributed by atoms with Crippen molar-refractivity contribution in [3.8, 4) is 0 Å². The standard InChI is InChI=1S/C20H28O6/c1-8-9-4-5-10-19-7-6-11(21)18(2,3)13(19)12(22)16(26-17(19)25)20(10,14(8)23)15(9)24/h9-13,15-17,21-22,24-25H,1,4-7H2,2-3H3/t9-,10-,11-,12-,13+,15+,16+,17-,19+,20-/m0/s1. The summed E-state index contributed by atoms with van der Waals surface area (Å²) in [5.74, 6) is -1.16. The van der Waals surface area contributed by atoms with Crippen LogP contribution in [0.4, 0.5) is 0 Å². The predicted octanol–water partition coefficient (Wildman–Crippen LogP) is 0.374. The van der Waals surface area contributed by atoms with Crippen LogP contribution >= 0.6 is 0 Å². The fraction of sp³-hybridized carbons (Fsp3) is 0.850. The number of aliphatic hydroxyl groups excluding tert-OH is 4. The third-order valence-corrected chi connectivity index (χ3v) is 8.94. The summed E-state index contributed by atoms with van der Waals surface area (Å²) < 4.78 is 5.87. The van der Waals surface area contributed by atoms with E-state index >= 15 is 0 Å². The molecule has 0 aromatic heterocycles. The van der Waals surface area contributed by atoms with E-state index < -0.39 is 52.9 Å². The summed E-state index contributed by atoms with van der Waals surface area (Å²) in [7, 11) is 0. The molecule has 6 aliphatic rings. The summed E-state index contributed by atoms with van der Waals surface area (Å²) in [6.07, 6.45) is -2.32. The lowest BCUT2D eigenvalue weighted by Crippen LogP contribution is -2.81. The average Bonchev–Trinajstić information content (AvgIpc) is 2.68. The van der Waals surface area contributed by atoms with Gasteiger partial charge in [0.2, 0.25) is 0 Å². The van der Waals surface area contributed by atoms with Crippen molar-refractivity contribution in [1.82, 2.24) is 0 Å². The number of rotatable bonds is 0. The molecule has 0 unspecified atom stereocenters. The minimum atomic E-state index is -1.21. The molecule has 0 aromatic rings. The van der Waals surface area contributed by atoms with Gasteiger partial charge in [0.1, 0.15) is 6.10 Å². The SMILES string of the molecule is C=C1C(=O)[C@]23[C@H](O)[C@H]1CC[C@H]2[C@]12CC[C@H](O)C(C)(C)[C@H]1[C@H](O)[C@H]3O[C@@H]2O. The Morgan fingerprint density at radius 3 is 2.50 bits per heavy atom. The Hall–Kier alpha value is -0.790. The number of ketones is 1. The van der Waals surface area contributed by atoms with Crippen LogP contribution in [0.2, 0.25) is 0 Å². The van der Waals surface area contributed by atoms with Gasteiger partial charge in [-0.25, -0.2) is 0 Å². The van der Waals surface area contributed by atoms with Crippen molar-refractivity contribution >= 4 is 5.78 Å². The van der Waals surface area contributed by atoms with Crippen molar-refractivity contribution in [2.24, 2.45) is 34.0 Å². The predicted molar refractivity (Wildman–Crippen MR) is 90.6 cm³/mol. The molecule has 0 radical (unpaired) electrons. The molecule has 4 N–H and O–H groups in total. The van der Waals surface area contributed by atoms with Gasteiger partial charge in [0.15, 0.2) is 12.1 Å². The Morgan fingerprint density at radius 1 is 1.12 bits per heavy atom. The molecule has 4 aliphatic carbocycles. The summed E-state index contributed by atoms with van der Waals surface area (Å²) in [6.45, 7) is 7.78. The molecule has 6 nitrogen and oxygen atoms in total. The molecule has 10 atom stereocenters. The van der Waals surface area contributed by atoms with Crippen molar-refractivity contribution in [2.75, 3.05) is 0 Å². The number of fused-ring (bicyclic) bond motifs is 2. The molecule has 4 bridgehead atoms. The van der Waals surface area contributed by atoms with Crippen LogP contribution in [-0.2, 0) is 9.53 Å². The molecule has 0 amide bonds. The Bertz CT molecular complexity index is 702. The van der Waals surface area contributed by atoms with Gasteiger partial charge in [0, 0.05) is 17.3 Å². The third kappa shape index (κ3) is 1.47. The highest BCUT2D eigenvalue weighted by Crippen LogP contribution is 2.75. The van der Waals surface area contributed by atoms with E-state index in [0.29, 0.717) is 31.3 Å². The summed E-state index contributed by atoms with van der Waals surface area (Å²) in [5.41, 5.74) is -2.25. The number of hydrogen-bond donors (Lipinski definition) is 4. The van der Waals surface area contributed by atoms with Gasteiger partial charge in [-0.15, -0.1) is 0 Å². The van der Waals surface area contributed by atoms with Crippen LogP contribution in [0.15, 0.2) is 12.2 Å². The minimum Gasteiger partial charge on any atom is -0.393 e. The normalized spacial score (nSPS) is 59.9. The van der Waals surface area contributed by atoms with Crippen molar-refractivity contribution in [3.05, 3.63) is 12.2 Å². The first-order chi connectivity index (χ1) is 12.1. The molecule has 144 valence electrons. The van der Waals surface area contributed by atoms with E-state index in [0.717, 1.165) is 0 Å². The Kier molecular flexibility index (Phi) is 3.19. The van der Waals surface area contributed by atoms with E-state index in [2.05, 4.69) is 6.58 Å². The highest BCUT2D eigenvalue weighted by molar-refractivity contribution is 6.04. The second kappa shape index (κ2) is 4.78. The quantitative estimate of drug-likeness (QED) is 0.463. The first-order valence-electron chi connectivity index (χ1n) is 9.74. The molecule has 4 saturated carbocycles. The first-order valence-corrected chi connectivity index (χ1v) is 9.74. The van der Waals surface area contributed by atoms with Gasteiger partial charge in [-0.05, 0) is 42.6 Å². The highest BCUT2D eigenvalue weighted by atomic mass is 16.6.